The molecule has 4 aromatic rings. The first-order valence-electron chi connectivity index (χ1n) is 13.1. The molecule has 2 saturated heterocycles. The molecule has 2 amide bonds. The fourth-order valence-corrected chi connectivity index (χ4v) is 5.65. The number of imide groups is 1. The summed E-state index contributed by atoms with van der Waals surface area (Å²) in [6.07, 6.45) is 8.20. The molecule has 0 saturated carbocycles. The number of carbonyl (C=O) groups excluding carboxylic acids is 2. The van der Waals surface area contributed by atoms with E-state index in [-0.39, 0.29) is 11.1 Å². The second-order valence-electron chi connectivity index (χ2n) is 9.73. The van der Waals surface area contributed by atoms with Crippen LogP contribution in [-0.2, 0) is 11.3 Å². The van der Waals surface area contributed by atoms with Crippen LogP contribution in [0, 0.1) is 11.7 Å². The molecule has 1 aromatic carbocycles. The molecule has 0 unspecified atom stereocenters. The molecule has 0 aliphatic carbocycles. The molecule has 2 fully saturated rings. The van der Waals surface area contributed by atoms with Crippen molar-refractivity contribution >= 4 is 45.8 Å². The fourth-order valence-electron chi connectivity index (χ4n) is 4.98. The second kappa shape index (κ2) is 11.5. The maximum Gasteiger partial charge on any atom is 0.290 e. The third kappa shape index (κ3) is 5.70. The van der Waals surface area contributed by atoms with E-state index < -0.39 is 5.91 Å². The molecule has 9 nitrogen and oxygen atoms in total. The summed E-state index contributed by atoms with van der Waals surface area (Å²) in [6, 6.07) is 13.3. The highest BCUT2D eigenvalue weighted by Gasteiger charge is 2.26. The van der Waals surface area contributed by atoms with Crippen molar-refractivity contribution in [2.45, 2.75) is 19.4 Å². The Balaban J connectivity index is 1.04. The highest BCUT2D eigenvalue weighted by molar-refractivity contribution is 8.18. The summed E-state index contributed by atoms with van der Waals surface area (Å²) in [7, 11) is 0. The maximum absolute atomic E-state index is 14.6. The molecular formula is C29H26FN7O2S. The zero-order valence-electron chi connectivity index (χ0n) is 21.5. The Morgan fingerprint density at radius 3 is 2.73 bits per heavy atom. The van der Waals surface area contributed by atoms with Gasteiger partial charge in [0.15, 0.2) is 0 Å². The minimum absolute atomic E-state index is 0.325. The van der Waals surface area contributed by atoms with Gasteiger partial charge >= 0.3 is 0 Å². The molecule has 3 aromatic heterocycles. The van der Waals surface area contributed by atoms with Crippen molar-refractivity contribution in [1.29, 1.82) is 0 Å². The summed E-state index contributed by atoms with van der Waals surface area (Å²) in [5.74, 6) is 0.316. The second-order valence-corrected chi connectivity index (χ2v) is 10.7. The predicted molar refractivity (Wildman–Crippen MR) is 153 cm³/mol. The van der Waals surface area contributed by atoms with Gasteiger partial charge in [-0.25, -0.2) is 14.4 Å². The number of fused-ring (bicyclic) bond motifs is 1. The van der Waals surface area contributed by atoms with Crippen LogP contribution in [0.15, 0.2) is 66.0 Å². The van der Waals surface area contributed by atoms with E-state index in [1.807, 2.05) is 36.4 Å². The number of halogens is 1. The number of amides is 2. The Bertz CT molecular complexity index is 1620. The summed E-state index contributed by atoms with van der Waals surface area (Å²) in [6.45, 7) is 2.78. The van der Waals surface area contributed by atoms with E-state index in [4.69, 9.17) is 0 Å². The van der Waals surface area contributed by atoms with Crippen molar-refractivity contribution in [3.05, 3.63) is 83.0 Å². The van der Waals surface area contributed by atoms with Gasteiger partial charge in [-0.05, 0) is 67.4 Å². The number of hydrogen-bond acceptors (Lipinski definition) is 9. The van der Waals surface area contributed by atoms with Crippen molar-refractivity contribution in [3.8, 4) is 11.3 Å². The number of hydrogen-bond donors (Lipinski definition) is 2. The van der Waals surface area contributed by atoms with Gasteiger partial charge in [0.2, 0.25) is 5.95 Å². The third-order valence-electron chi connectivity index (χ3n) is 7.09. The molecule has 0 spiro atoms. The molecule has 2 N–H and O–H groups in total. The monoisotopic (exact) mass is 555 g/mol. The summed E-state index contributed by atoms with van der Waals surface area (Å²) in [5.41, 5.74) is 3.70. The number of rotatable bonds is 7. The predicted octanol–water partition coefficient (Wildman–Crippen LogP) is 4.56. The smallest absolute Gasteiger partial charge is 0.290 e. The Kier molecular flexibility index (Phi) is 7.47. The minimum atomic E-state index is -0.405. The molecule has 2 aliphatic heterocycles. The number of anilines is 1. The number of para-hydroxylation sites is 1. The standard InChI is InChI=1S/C29H26FN7O2S/c30-23-17-34-25(22-6-10-32-24-4-2-1-3-21(22)24)13-19(23)16-31-15-18-7-11-37(12-8-18)28-33-9-5-20(35-28)14-26-27(38)36-29(39)40-26/h1-6,9-10,13-14,17-18,31H,7-8,11-12,15-16H2,(H,36,38,39)/b26-14-. The fraction of sp³-hybridized carbons (Fsp3) is 0.241. The first-order valence-corrected chi connectivity index (χ1v) is 13.9. The van der Waals surface area contributed by atoms with Gasteiger partial charge < -0.3 is 10.2 Å². The lowest BCUT2D eigenvalue weighted by atomic mass is 9.97. The lowest BCUT2D eigenvalue weighted by Crippen LogP contribution is -2.38. The summed E-state index contributed by atoms with van der Waals surface area (Å²) in [5, 5.41) is 6.29. The number of thioether (sulfide) groups is 1. The van der Waals surface area contributed by atoms with Gasteiger partial charge in [-0.15, -0.1) is 0 Å². The van der Waals surface area contributed by atoms with E-state index in [1.54, 1.807) is 24.5 Å². The van der Waals surface area contributed by atoms with Crippen LogP contribution in [0.25, 0.3) is 28.2 Å². The topological polar surface area (TPSA) is 113 Å². The van der Waals surface area contributed by atoms with Gasteiger partial charge in [0.25, 0.3) is 11.1 Å². The number of piperidine rings is 1. The van der Waals surface area contributed by atoms with Crippen LogP contribution in [0.1, 0.15) is 24.1 Å². The van der Waals surface area contributed by atoms with E-state index in [0.717, 1.165) is 66.4 Å². The molecule has 40 heavy (non-hydrogen) atoms. The Labute approximate surface area is 234 Å². The van der Waals surface area contributed by atoms with Crippen LogP contribution in [0.3, 0.4) is 0 Å². The molecule has 0 radical (unpaired) electrons. The molecule has 6 rings (SSSR count). The van der Waals surface area contributed by atoms with E-state index in [0.29, 0.717) is 34.6 Å². The first-order chi connectivity index (χ1) is 19.5. The van der Waals surface area contributed by atoms with Crippen LogP contribution < -0.4 is 15.5 Å². The lowest BCUT2D eigenvalue weighted by molar-refractivity contribution is -0.115. The van der Waals surface area contributed by atoms with E-state index in [2.05, 4.69) is 35.5 Å². The van der Waals surface area contributed by atoms with Crippen LogP contribution in [0.2, 0.25) is 0 Å². The number of nitrogens with one attached hydrogen (secondary N) is 2. The van der Waals surface area contributed by atoms with Crippen molar-refractivity contribution in [1.82, 2.24) is 30.6 Å². The van der Waals surface area contributed by atoms with Gasteiger partial charge in [0.1, 0.15) is 5.82 Å². The maximum atomic E-state index is 14.6. The third-order valence-corrected chi connectivity index (χ3v) is 7.90. The van der Waals surface area contributed by atoms with E-state index in [9.17, 15) is 14.0 Å². The number of pyridine rings is 2. The zero-order valence-corrected chi connectivity index (χ0v) is 22.3. The number of nitrogens with zero attached hydrogens (tertiary/aromatic N) is 5. The highest BCUT2D eigenvalue weighted by atomic mass is 32.2. The molecule has 0 bridgehead atoms. The van der Waals surface area contributed by atoms with Crippen molar-refractivity contribution in [2.24, 2.45) is 5.92 Å². The summed E-state index contributed by atoms with van der Waals surface area (Å²) in [4.78, 5) is 43.4. The Morgan fingerprint density at radius 2 is 1.90 bits per heavy atom. The molecule has 2 aliphatic rings. The van der Waals surface area contributed by atoms with E-state index >= 15 is 0 Å². The normalized spacial score (nSPS) is 17.1. The number of carbonyl (C=O) groups is 2. The van der Waals surface area contributed by atoms with Gasteiger partial charge in [-0.3, -0.25) is 24.9 Å². The van der Waals surface area contributed by atoms with Crippen LogP contribution in [0.5, 0.6) is 0 Å². The van der Waals surface area contributed by atoms with Crippen LogP contribution >= 0.6 is 11.8 Å². The van der Waals surface area contributed by atoms with Crippen LogP contribution in [-0.4, -0.2) is 50.7 Å². The molecule has 5 heterocycles. The van der Waals surface area contributed by atoms with Gasteiger partial charge in [0, 0.05) is 48.5 Å². The quantitative estimate of drug-likeness (QED) is 0.317. The van der Waals surface area contributed by atoms with E-state index in [1.165, 1.54) is 6.20 Å². The zero-order chi connectivity index (χ0) is 27.5. The number of benzene rings is 1. The van der Waals surface area contributed by atoms with Gasteiger partial charge in [-0.1, -0.05) is 18.2 Å². The molecular weight excluding hydrogens is 529 g/mol. The number of aromatic nitrogens is 4. The average molecular weight is 556 g/mol. The van der Waals surface area contributed by atoms with Crippen molar-refractivity contribution in [2.75, 3.05) is 24.5 Å². The average Bonchev–Trinajstić information content (AvgIpc) is 3.30. The summed E-state index contributed by atoms with van der Waals surface area (Å²) < 4.78 is 14.6. The van der Waals surface area contributed by atoms with Crippen LogP contribution in [0.4, 0.5) is 15.1 Å². The molecule has 0 atom stereocenters. The lowest BCUT2D eigenvalue weighted by Gasteiger charge is -2.32. The first kappa shape index (κ1) is 26.0. The molecule has 11 heteroatoms. The van der Waals surface area contributed by atoms with Crippen molar-refractivity contribution < 1.29 is 14.0 Å². The minimum Gasteiger partial charge on any atom is -0.341 e. The molecule has 202 valence electrons. The SMILES string of the molecule is O=C1NC(=O)/C(=C/c2ccnc(N3CCC(CNCc4cc(-c5ccnc6ccccc56)ncc4F)CC3)n2)S1. The largest absolute Gasteiger partial charge is 0.341 e. The highest BCUT2D eigenvalue weighted by Crippen LogP contribution is 2.28. The Morgan fingerprint density at radius 1 is 1.07 bits per heavy atom. The Hall–Kier alpha value is -4.22. The van der Waals surface area contributed by atoms with Gasteiger partial charge in [0.05, 0.1) is 28.0 Å². The van der Waals surface area contributed by atoms with Gasteiger partial charge in [-0.2, -0.15) is 0 Å². The van der Waals surface area contributed by atoms with Crippen molar-refractivity contribution in [3.63, 3.8) is 0 Å². The summed E-state index contributed by atoms with van der Waals surface area (Å²) >= 11 is 0.868.